The number of anilines is 1. The van der Waals surface area contributed by atoms with Crippen molar-refractivity contribution < 1.29 is 0 Å². The molecular formula is C13H13N5S2. The lowest BCUT2D eigenvalue weighted by molar-refractivity contribution is 1.17. The molecule has 0 radical (unpaired) electrons. The molecule has 3 aromatic rings. The molecular weight excluding hydrogens is 290 g/mol. The molecule has 0 spiro atoms. The molecule has 3 rings (SSSR count). The van der Waals surface area contributed by atoms with Crippen molar-refractivity contribution in [3.8, 4) is 21.3 Å². The number of thiazole rings is 2. The molecule has 0 fully saturated rings. The molecule has 0 amide bonds. The van der Waals surface area contributed by atoms with E-state index in [2.05, 4.69) is 37.6 Å². The SMILES string of the molecule is CCNc1nc(-c2sc(-c3cnccn3)nc2C)cs1. The molecule has 0 unspecified atom stereocenters. The van der Waals surface area contributed by atoms with Gasteiger partial charge in [0.1, 0.15) is 10.7 Å². The maximum Gasteiger partial charge on any atom is 0.183 e. The van der Waals surface area contributed by atoms with Gasteiger partial charge in [0.05, 0.1) is 22.5 Å². The zero-order valence-electron chi connectivity index (χ0n) is 11.1. The first kappa shape index (κ1) is 13.1. The molecule has 0 aromatic carbocycles. The van der Waals surface area contributed by atoms with Gasteiger partial charge in [0.25, 0.3) is 0 Å². The van der Waals surface area contributed by atoms with Crippen molar-refractivity contribution in [3.05, 3.63) is 29.7 Å². The first-order valence-corrected chi connectivity index (χ1v) is 7.91. The lowest BCUT2D eigenvalue weighted by Crippen LogP contribution is -1.94. The van der Waals surface area contributed by atoms with Crippen molar-refractivity contribution in [3.63, 3.8) is 0 Å². The lowest BCUT2D eigenvalue weighted by Gasteiger charge is -1.94. The second-order valence-electron chi connectivity index (χ2n) is 4.09. The highest BCUT2D eigenvalue weighted by molar-refractivity contribution is 7.19. The van der Waals surface area contributed by atoms with E-state index in [0.717, 1.165) is 38.6 Å². The monoisotopic (exact) mass is 303 g/mol. The first-order valence-electron chi connectivity index (χ1n) is 6.21. The molecule has 3 aromatic heterocycles. The summed E-state index contributed by atoms with van der Waals surface area (Å²) in [5.41, 5.74) is 2.74. The smallest absolute Gasteiger partial charge is 0.183 e. The van der Waals surface area contributed by atoms with Crippen LogP contribution in [-0.4, -0.2) is 26.5 Å². The Kier molecular flexibility index (Phi) is 3.70. The van der Waals surface area contributed by atoms with Gasteiger partial charge in [-0.05, 0) is 13.8 Å². The van der Waals surface area contributed by atoms with Gasteiger partial charge < -0.3 is 5.32 Å². The van der Waals surface area contributed by atoms with Crippen LogP contribution >= 0.6 is 22.7 Å². The third-order valence-electron chi connectivity index (χ3n) is 2.64. The zero-order chi connectivity index (χ0) is 13.9. The van der Waals surface area contributed by atoms with E-state index in [4.69, 9.17) is 0 Å². The second kappa shape index (κ2) is 5.64. The van der Waals surface area contributed by atoms with Crippen molar-refractivity contribution in [1.29, 1.82) is 0 Å². The van der Waals surface area contributed by atoms with E-state index in [-0.39, 0.29) is 0 Å². The van der Waals surface area contributed by atoms with Gasteiger partial charge in [-0.3, -0.25) is 9.97 Å². The topological polar surface area (TPSA) is 63.6 Å². The summed E-state index contributed by atoms with van der Waals surface area (Å²) in [4.78, 5) is 18.6. The quantitative estimate of drug-likeness (QED) is 0.799. The van der Waals surface area contributed by atoms with Crippen LogP contribution in [0.25, 0.3) is 21.3 Å². The van der Waals surface area contributed by atoms with Gasteiger partial charge in [-0.25, -0.2) is 9.97 Å². The third kappa shape index (κ3) is 2.54. The number of aryl methyl sites for hydroxylation is 1. The minimum atomic E-state index is 0.800. The molecule has 102 valence electrons. The fraction of sp³-hybridized carbons (Fsp3) is 0.231. The van der Waals surface area contributed by atoms with Gasteiger partial charge in [-0.2, -0.15) is 0 Å². The van der Waals surface area contributed by atoms with Gasteiger partial charge in [0, 0.05) is 24.3 Å². The van der Waals surface area contributed by atoms with E-state index in [1.54, 1.807) is 41.3 Å². The minimum Gasteiger partial charge on any atom is -0.362 e. The Balaban J connectivity index is 1.96. The molecule has 20 heavy (non-hydrogen) atoms. The standard InChI is InChI=1S/C13H13N5S2/c1-3-15-13-18-10(7-19-13)11-8(2)17-12(20-11)9-6-14-4-5-16-9/h4-7H,3H2,1-2H3,(H,15,18). The average Bonchev–Trinajstić information content (AvgIpc) is 3.07. The minimum absolute atomic E-state index is 0.800. The number of nitrogens with one attached hydrogen (secondary N) is 1. The number of rotatable bonds is 4. The van der Waals surface area contributed by atoms with Crippen molar-refractivity contribution in [2.75, 3.05) is 11.9 Å². The predicted octanol–water partition coefficient (Wildman–Crippen LogP) is 3.46. The number of aromatic nitrogens is 4. The molecule has 0 bridgehead atoms. The van der Waals surface area contributed by atoms with E-state index in [9.17, 15) is 0 Å². The van der Waals surface area contributed by atoms with Crippen molar-refractivity contribution in [2.24, 2.45) is 0 Å². The fourth-order valence-electron chi connectivity index (χ4n) is 1.76. The molecule has 3 heterocycles. The molecule has 0 aliphatic heterocycles. The van der Waals surface area contributed by atoms with E-state index >= 15 is 0 Å². The van der Waals surface area contributed by atoms with E-state index < -0.39 is 0 Å². The maximum absolute atomic E-state index is 4.58. The van der Waals surface area contributed by atoms with Crippen LogP contribution < -0.4 is 5.32 Å². The third-order valence-corrected chi connectivity index (χ3v) is 4.65. The van der Waals surface area contributed by atoms with Crippen LogP contribution in [0.5, 0.6) is 0 Å². The normalized spacial score (nSPS) is 10.7. The number of hydrogen-bond acceptors (Lipinski definition) is 7. The molecule has 0 aliphatic rings. The largest absolute Gasteiger partial charge is 0.362 e. The van der Waals surface area contributed by atoms with Crippen LogP contribution in [-0.2, 0) is 0 Å². The fourth-order valence-corrected chi connectivity index (χ4v) is 3.60. The molecule has 0 saturated heterocycles. The number of hydrogen-bond donors (Lipinski definition) is 1. The lowest BCUT2D eigenvalue weighted by atomic mass is 10.3. The van der Waals surface area contributed by atoms with Crippen molar-refractivity contribution >= 4 is 27.8 Å². The summed E-state index contributed by atoms with van der Waals surface area (Å²) in [6, 6.07) is 0. The highest BCUT2D eigenvalue weighted by atomic mass is 32.1. The van der Waals surface area contributed by atoms with Crippen LogP contribution in [0.1, 0.15) is 12.6 Å². The number of nitrogens with zero attached hydrogens (tertiary/aromatic N) is 4. The summed E-state index contributed by atoms with van der Waals surface area (Å²) in [5, 5.41) is 7.10. The second-order valence-corrected chi connectivity index (χ2v) is 5.95. The van der Waals surface area contributed by atoms with Crippen LogP contribution in [0.4, 0.5) is 5.13 Å². The van der Waals surface area contributed by atoms with Crippen molar-refractivity contribution in [2.45, 2.75) is 13.8 Å². The van der Waals surface area contributed by atoms with Crippen LogP contribution in [0.2, 0.25) is 0 Å². The average molecular weight is 303 g/mol. The van der Waals surface area contributed by atoms with Crippen LogP contribution in [0.15, 0.2) is 24.0 Å². The summed E-state index contributed by atoms with van der Waals surface area (Å²) in [6.07, 6.45) is 5.07. The van der Waals surface area contributed by atoms with E-state index in [1.807, 2.05) is 6.92 Å². The zero-order valence-corrected chi connectivity index (χ0v) is 12.8. The maximum atomic E-state index is 4.58. The Hall–Kier alpha value is -1.86. The predicted molar refractivity (Wildman–Crippen MR) is 83.1 cm³/mol. The van der Waals surface area contributed by atoms with Crippen LogP contribution in [0.3, 0.4) is 0 Å². The molecule has 5 nitrogen and oxygen atoms in total. The Morgan fingerprint density at radius 1 is 1.20 bits per heavy atom. The molecule has 0 saturated carbocycles. The summed E-state index contributed by atoms with van der Waals surface area (Å²) in [6.45, 7) is 4.93. The highest BCUT2D eigenvalue weighted by Gasteiger charge is 2.14. The molecule has 7 heteroatoms. The van der Waals surface area contributed by atoms with Gasteiger partial charge in [0.15, 0.2) is 5.13 Å². The molecule has 1 N–H and O–H groups in total. The summed E-state index contributed by atoms with van der Waals surface area (Å²) >= 11 is 3.21. The Morgan fingerprint density at radius 2 is 2.10 bits per heavy atom. The summed E-state index contributed by atoms with van der Waals surface area (Å²) in [7, 11) is 0. The Labute approximate surface area is 124 Å². The van der Waals surface area contributed by atoms with E-state index in [0.29, 0.717) is 0 Å². The van der Waals surface area contributed by atoms with Gasteiger partial charge >= 0.3 is 0 Å². The van der Waals surface area contributed by atoms with E-state index in [1.165, 1.54) is 0 Å². The van der Waals surface area contributed by atoms with Crippen LogP contribution in [0, 0.1) is 6.92 Å². The first-order chi connectivity index (χ1) is 9.78. The van der Waals surface area contributed by atoms with Gasteiger partial charge in [0.2, 0.25) is 0 Å². The molecule has 0 atom stereocenters. The van der Waals surface area contributed by atoms with Gasteiger partial charge in [-0.1, -0.05) is 0 Å². The van der Waals surface area contributed by atoms with Crippen molar-refractivity contribution in [1.82, 2.24) is 19.9 Å². The highest BCUT2D eigenvalue weighted by Crippen LogP contribution is 2.35. The Bertz CT molecular complexity index is 705. The summed E-state index contributed by atoms with van der Waals surface area (Å²) in [5.74, 6) is 0. The molecule has 0 aliphatic carbocycles. The summed E-state index contributed by atoms with van der Waals surface area (Å²) < 4.78 is 0. The Morgan fingerprint density at radius 3 is 2.85 bits per heavy atom. The van der Waals surface area contributed by atoms with Gasteiger partial charge in [-0.15, -0.1) is 22.7 Å².